The molecule has 158 valence electrons. The van der Waals surface area contributed by atoms with Crippen molar-refractivity contribution in [1.29, 1.82) is 0 Å². The number of amides is 1. The quantitative estimate of drug-likeness (QED) is 0.249. The Kier molecular flexibility index (Phi) is 9.15. The van der Waals surface area contributed by atoms with Gasteiger partial charge in [-0.05, 0) is 24.4 Å². The Labute approximate surface area is 176 Å². The minimum absolute atomic E-state index is 0.417. The minimum atomic E-state index is -2.06. The van der Waals surface area contributed by atoms with Crippen molar-refractivity contribution in [2.75, 3.05) is 6.61 Å². The molecule has 0 unspecified atom stereocenters. The van der Waals surface area contributed by atoms with Crippen LogP contribution < -0.4 is 5.32 Å². The Bertz CT molecular complexity index is 758. The van der Waals surface area contributed by atoms with Gasteiger partial charge in [-0.3, -0.25) is 19.2 Å². The second kappa shape index (κ2) is 10.8. The van der Waals surface area contributed by atoms with Crippen LogP contribution in [-0.4, -0.2) is 70.9 Å². The molecule has 4 atom stereocenters. The summed E-state index contributed by atoms with van der Waals surface area (Å²) in [6, 6.07) is -1.33. The lowest BCUT2D eigenvalue weighted by Crippen LogP contribution is -2.70. The molecule has 0 bridgehead atoms. The predicted octanol–water partition coefficient (Wildman–Crippen LogP) is 0.176. The van der Waals surface area contributed by atoms with Gasteiger partial charge in [0.2, 0.25) is 5.91 Å². The molecule has 1 aliphatic heterocycles. The standard InChI is InChI=1S/C16H19N3O8S2/c1-8(20)19-15-14(26-11(4)23)13(25-10(3)22)12(5-24-9(2)21)27-16(15,17-6-28)18-7-29/h12-15H,5H2,1-4H3,(H,19,20)/t12-,13-,14+,15-/m1/s1. The van der Waals surface area contributed by atoms with Gasteiger partial charge in [-0.15, -0.1) is 0 Å². The average molecular weight is 445 g/mol. The molecule has 1 N–H and O–H groups in total. The van der Waals surface area contributed by atoms with Crippen molar-refractivity contribution in [3.63, 3.8) is 0 Å². The molecule has 0 saturated carbocycles. The van der Waals surface area contributed by atoms with Gasteiger partial charge in [0.05, 0.1) is 10.3 Å². The first-order valence-electron chi connectivity index (χ1n) is 8.17. The van der Waals surface area contributed by atoms with Crippen molar-refractivity contribution < 1.29 is 38.1 Å². The molecule has 1 amide bonds. The minimum Gasteiger partial charge on any atom is -0.463 e. The van der Waals surface area contributed by atoms with Crippen LogP contribution in [0.4, 0.5) is 0 Å². The number of isothiocyanates is 2. The summed E-state index contributed by atoms with van der Waals surface area (Å²) in [4.78, 5) is 54.2. The molecule has 1 saturated heterocycles. The van der Waals surface area contributed by atoms with Gasteiger partial charge in [0.1, 0.15) is 18.8 Å². The fourth-order valence-corrected chi connectivity index (χ4v) is 2.97. The molecule has 29 heavy (non-hydrogen) atoms. The number of esters is 3. The highest BCUT2D eigenvalue weighted by molar-refractivity contribution is 7.78. The second-order valence-corrected chi connectivity index (χ2v) is 6.22. The lowest BCUT2D eigenvalue weighted by molar-refractivity contribution is -0.249. The third-order valence-corrected chi connectivity index (χ3v) is 3.76. The summed E-state index contributed by atoms with van der Waals surface area (Å²) < 4.78 is 21.3. The maximum atomic E-state index is 11.8. The SMILES string of the molecule is CC(=O)N[C@@H]1[C@@H](OC(C)=O)[C@H](OC(C)=O)[C@@H](COC(C)=O)OC1(N=C=S)N=C=S. The van der Waals surface area contributed by atoms with Crippen molar-refractivity contribution in [2.45, 2.75) is 57.9 Å². The Hall–Kier alpha value is -2.56. The van der Waals surface area contributed by atoms with E-state index in [4.69, 9.17) is 18.9 Å². The Balaban J connectivity index is 3.63. The molecule has 0 aromatic carbocycles. The van der Waals surface area contributed by atoms with E-state index in [1.54, 1.807) is 0 Å². The highest BCUT2D eigenvalue weighted by Gasteiger charge is 2.59. The first kappa shape index (κ1) is 24.5. The van der Waals surface area contributed by atoms with E-state index in [-0.39, 0.29) is 0 Å². The molecule has 0 aromatic rings. The van der Waals surface area contributed by atoms with Crippen LogP contribution in [-0.2, 0) is 38.1 Å². The molecule has 0 aromatic heterocycles. The number of thiocarbonyl (C=S) groups is 2. The molecule has 1 rings (SSSR count). The number of carbonyl (C=O) groups excluding carboxylic acids is 4. The van der Waals surface area contributed by atoms with Gasteiger partial charge in [-0.1, -0.05) is 0 Å². The van der Waals surface area contributed by atoms with Crippen molar-refractivity contribution in [2.24, 2.45) is 9.98 Å². The second-order valence-electron chi connectivity index (χ2n) is 5.85. The molecule has 1 heterocycles. The van der Waals surface area contributed by atoms with E-state index in [0.717, 1.165) is 20.8 Å². The molecule has 0 radical (unpaired) electrons. The Morgan fingerprint density at radius 3 is 1.90 bits per heavy atom. The fourth-order valence-electron chi connectivity index (χ4n) is 2.71. The summed E-state index contributed by atoms with van der Waals surface area (Å²) in [5.41, 5.74) is 0. The zero-order chi connectivity index (χ0) is 22.2. The number of rotatable bonds is 7. The lowest BCUT2D eigenvalue weighted by atomic mass is 9.92. The Morgan fingerprint density at radius 1 is 0.966 bits per heavy atom. The monoisotopic (exact) mass is 445 g/mol. The topological polar surface area (TPSA) is 142 Å². The largest absolute Gasteiger partial charge is 0.463 e. The maximum absolute atomic E-state index is 11.8. The highest BCUT2D eigenvalue weighted by Crippen LogP contribution is 2.35. The zero-order valence-electron chi connectivity index (χ0n) is 16.0. The fraction of sp³-hybridized carbons (Fsp3) is 0.625. The summed E-state index contributed by atoms with van der Waals surface area (Å²) in [6.07, 6.45) is -3.86. The normalized spacial score (nSPS) is 28.0. The van der Waals surface area contributed by atoms with Crippen LogP contribution in [0.3, 0.4) is 0 Å². The van der Waals surface area contributed by atoms with Gasteiger partial charge in [-0.2, -0.15) is 9.98 Å². The van der Waals surface area contributed by atoms with Gasteiger partial charge in [0, 0.05) is 27.7 Å². The van der Waals surface area contributed by atoms with Gasteiger partial charge in [0.25, 0.3) is 5.85 Å². The van der Waals surface area contributed by atoms with Crippen LogP contribution in [0.25, 0.3) is 0 Å². The first-order chi connectivity index (χ1) is 13.6. The van der Waals surface area contributed by atoms with Crippen LogP contribution in [0.5, 0.6) is 0 Å². The summed E-state index contributed by atoms with van der Waals surface area (Å²) >= 11 is 9.29. The van der Waals surface area contributed by atoms with E-state index >= 15 is 0 Å². The third kappa shape index (κ3) is 6.77. The number of hydrogen-bond donors (Lipinski definition) is 1. The molecule has 1 fully saturated rings. The van der Waals surface area contributed by atoms with E-state index < -0.39 is 60.6 Å². The summed E-state index contributed by atoms with van der Waals surface area (Å²) in [7, 11) is 0. The van der Waals surface area contributed by atoms with Crippen molar-refractivity contribution in [3.8, 4) is 0 Å². The maximum Gasteiger partial charge on any atom is 0.303 e. The van der Waals surface area contributed by atoms with Crippen LogP contribution >= 0.6 is 24.4 Å². The van der Waals surface area contributed by atoms with E-state index in [1.807, 2.05) is 0 Å². The van der Waals surface area contributed by atoms with Gasteiger partial charge < -0.3 is 24.3 Å². The molecular weight excluding hydrogens is 426 g/mol. The Morgan fingerprint density at radius 2 is 1.48 bits per heavy atom. The molecule has 13 heteroatoms. The highest BCUT2D eigenvalue weighted by atomic mass is 32.1. The summed E-state index contributed by atoms with van der Waals surface area (Å²) in [5, 5.41) is 6.64. The van der Waals surface area contributed by atoms with Crippen LogP contribution in [0, 0.1) is 0 Å². The third-order valence-electron chi connectivity index (χ3n) is 3.57. The number of carbonyl (C=O) groups is 4. The number of hydrogen-bond acceptors (Lipinski definition) is 12. The van der Waals surface area contributed by atoms with Crippen molar-refractivity contribution in [3.05, 3.63) is 0 Å². The lowest BCUT2D eigenvalue weighted by Gasteiger charge is -2.47. The molecule has 0 spiro atoms. The zero-order valence-corrected chi connectivity index (χ0v) is 17.6. The van der Waals surface area contributed by atoms with Crippen LogP contribution in [0.1, 0.15) is 27.7 Å². The number of nitrogens with one attached hydrogen (secondary N) is 1. The summed E-state index contributed by atoms with van der Waals surface area (Å²) in [5.74, 6) is -4.78. The van der Waals surface area contributed by atoms with Gasteiger partial charge >= 0.3 is 17.9 Å². The molecule has 1 aliphatic rings. The summed E-state index contributed by atoms with van der Waals surface area (Å²) in [6.45, 7) is 4.15. The first-order valence-corrected chi connectivity index (χ1v) is 8.98. The van der Waals surface area contributed by atoms with Crippen LogP contribution in [0.15, 0.2) is 9.98 Å². The molecule has 11 nitrogen and oxygen atoms in total. The van der Waals surface area contributed by atoms with E-state index in [2.05, 4.69) is 50.1 Å². The molecular formula is C16H19N3O8S2. The molecule has 0 aliphatic carbocycles. The van der Waals surface area contributed by atoms with Crippen molar-refractivity contribution >= 4 is 58.6 Å². The van der Waals surface area contributed by atoms with Crippen molar-refractivity contribution in [1.82, 2.24) is 5.32 Å². The van der Waals surface area contributed by atoms with E-state index in [1.165, 1.54) is 6.92 Å². The number of aliphatic imine (C=N–C) groups is 2. The van der Waals surface area contributed by atoms with Gasteiger partial charge in [0.15, 0.2) is 12.2 Å². The van der Waals surface area contributed by atoms with E-state index in [9.17, 15) is 19.2 Å². The average Bonchev–Trinajstić information content (AvgIpc) is 2.58. The van der Waals surface area contributed by atoms with E-state index in [0.29, 0.717) is 0 Å². The predicted molar refractivity (Wildman–Crippen MR) is 103 cm³/mol. The number of ether oxygens (including phenoxy) is 4. The number of nitrogens with zero attached hydrogens (tertiary/aromatic N) is 2. The van der Waals surface area contributed by atoms with Gasteiger partial charge in [-0.25, -0.2) is 0 Å². The van der Waals surface area contributed by atoms with Crippen LogP contribution in [0.2, 0.25) is 0 Å². The smallest absolute Gasteiger partial charge is 0.303 e.